The van der Waals surface area contributed by atoms with Gasteiger partial charge in [-0.1, -0.05) is 27.7 Å². The Bertz CT molecular complexity index is 557. The van der Waals surface area contributed by atoms with Crippen LogP contribution in [0.3, 0.4) is 0 Å². The molecular formula is C13H10BrNO2S. The van der Waals surface area contributed by atoms with E-state index in [0.717, 1.165) is 14.3 Å². The van der Waals surface area contributed by atoms with Crippen LogP contribution in [0.15, 0.2) is 56.9 Å². The van der Waals surface area contributed by atoms with Gasteiger partial charge in [-0.2, -0.15) is 0 Å². The van der Waals surface area contributed by atoms with Gasteiger partial charge in [0, 0.05) is 20.5 Å². The molecule has 3 nitrogen and oxygen atoms in total. The van der Waals surface area contributed by atoms with Crippen LogP contribution in [0.25, 0.3) is 0 Å². The molecule has 0 bridgehead atoms. The summed E-state index contributed by atoms with van der Waals surface area (Å²) in [6.45, 7) is 0. The minimum absolute atomic E-state index is 0.319. The van der Waals surface area contributed by atoms with E-state index in [1.165, 1.54) is 7.11 Å². The fourth-order valence-corrected chi connectivity index (χ4v) is 2.44. The average molecular weight is 324 g/mol. The lowest BCUT2D eigenvalue weighted by atomic mass is 10.3. The molecule has 2 rings (SSSR count). The third-order valence-electron chi connectivity index (χ3n) is 2.18. The normalized spacial score (nSPS) is 10.1. The summed E-state index contributed by atoms with van der Waals surface area (Å²) in [6, 6.07) is 11.5. The Labute approximate surface area is 118 Å². The summed E-state index contributed by atoms with van der Waals surface area (Å²) in [4.78, 5) is 17.4. The minimum Gasteiger partial charge on any atom is -0.464 e. The highest BCUT2D eigenvalue weighted by atomic mass is 79.9. The zero-order valence-corrected chi connectivity index (χ0v) is 12.0. The molecule has 0 saturated carbocycles. The molecule has 0 aliphatic carbocycles. The molecule has 0 unspecified atom stereocenters. The predicted molar refractivity (Wildman–Crippen MR) is 73.8 cm³/mol. The van der Waals surface area contributed by atoms with Crippen molar-refractivity contribution in [3.05, 3.63) is 52.8 Å². The molecule has 0 spiro atoms. The molecule has 92 valence electrons. The molecule has 1 aromatic carbocycles. The Hall–Kier alpha value is -1.33. The van der Waals surface area contributed by atoms with Crippen LogP contribution in [0.4, 0.5) is 0 Å². The van der Waals surface area contributed by atoms with Gasteiger partial charge in [0.25, 0.3) is 0 Å². The number of halogens is 1. The van der Waals surface area contributed by atoms with E-state index in [-0.39, 0.29) is 0 Å². The fourth-order valence-electron chi connectivity index (χ4n) is 1.33. The predicted octanol–water partition coefficient (Wildman–Crippen LogP) is 3.78. The zero-order chi connectivity index (χ0) is 13.0. The van der Waals surface area contributed by atoms with Crippen molar-refractivity contribution in [3.63, 3.8) is 0 Å². The second-order valence-electron chi connectivity index (χ2n) is 3.42. The Kier molecular flexibility index (Phi) is 4.38. The fraction of sp³-hybridized carbons (Fsp3) is 0.0769. The lowest BCUT2D eigenvalue weighted by Gasteiger charge is -2.03. The van der Waals surface area contributed by atoms with Gasteiger partial charge < -0.3 is 4.74 Å². The lowest BCUT2D eigenvalue weighted by Crippen LogP contribution is -2.03. The Balaban J connectivity index is 2.19. The summed E-state index contributed by atoms with van der Waals surface area (Å²) in [5.74, 6) is -0.423. The number of benzene rings is 1. The van der Waals surface area contributed by atoms with Gasteiger partial charge in [0.1, 0.15) is 5.69 Å². The third kappa shape index (κ3) is 3.34. The summed E-state index contributed by atoms with van der Waals surface area (Å²) < 4.78 is 5.68. The van der Waals surface area contributed by atoms with Gasteiger partial charge in [-0.3, -0.25) is 0 Å². The van der Waals surface area contributed by atoms with Crippen molar-refractivity contribution in [1.29, 1.82) is 0 Å². The SMILES string of the molecule is COC(=O)c1cc(Sc2ccc(Br)cc2)ccn1. The number of aromatic nitrogens is 1. The number of rotatable bonds is 3. The first-order valence-electron chi connectivity index (χ1n) is 5.17. The van der Waals surface area contributed by atoms with Gasteiger partial charge in [0.15, 0.2) is 0 Å². The van der Waals surface area contributed by atoms with Crippen molar-refractivity contribution in [1.82, 2.24) is 4.98 Å². The molecule has 18 heavy (non-hydrogen) atoms. The number of methoxy groups -OCH3 is 1. The second-order valence-corrected chi connectivity index (χ2v) is 5.49. The molecule has 0 atom stereocenters. The van der Waals surface area contributed by atoms with Crippen LogP contribution in [0.1, 0.15) is 10.5 Å². The highest BCUT2D eigenvalue weighted by Gasteiger charge is 2.08. The number of hydrogen-bond acceptors (Lipinski definition) is 4. The van der Waals surface area contributed by atoms with Crippen molar-refractivity contribution >= 4 is 33.7 Å². The molecule has 1 aromatic heterocycles. The summed E-state index contributed by atoms with van der Waals surface area (Å²) in [6.07, 6.45) is 1.60. The molecule has 5 heteroatoms. The van der Waals surface area contributed by atoms with Crippen LogP contribution < -0.4 is 0 Å². The van der Waals surface area contributed by atoms with Crippen molar-refractivity contribution in [3.8, 4) is 0 Å². The number of hydrogen-bond donors (Lipinski definition) is 0. The number of pyridine rings is 1. The zero-order valence-electron chi connectivity index (χ0n) is 9.59. The van der Waals surface area contributed by atoms with E-state index >= 15 is 0 Å². The largest absolute Gasteiger partial charge is 0.464 e. The number of esters is 1. The Morgan fingerprint density at radius 1 is 1.22 bits per heavy atom. The first-order valence-corrected chi connectivity index (χ1v) is 6.78. The summed E-state index contributed by atoms with van der Waals surface area (Å²) in [5.41, 5.74) is 0.319. The molecular weight excluding hydrogens is 314 g/mol. The van der Waals surface area contributed by atoms with Gasteiger partial charge in [0.2, 0.25) is 0 Å². The molecule has 0 fully saturated rings. The number of nitrogens with zero attached hydrogens (tertiary/aromatic N) is 1. The lowest BCUT2D eigenvalue weighted by molar-refractivity contribution is 0.0593. The van der Waals surface area contributed by atoms with Crippen molar-refractivity contribution in [2.75, 3.05) is 7.11 Å². The van der Waals surface area contributed by atoms with Crippen LogP contribution >= 0.6 is 27.7 Å². The summed E-state index contributed by atoms with van der Waals surface area (Å²) in [5, 5.41) is 0. The monoisotopic (exact) mass is 323 g/mol. The highest BCUT2D eigenvalue weighted by Crippen LogP contribution is 2.28. The first-order chi connectivity index (χ1) is 8.69. The maximum Gasteiger partial charge on any atom is 0.356 e. The van der Waals surface area contributed by atoms with E-state index in [1.54, 1.807) is 24.0 Å². The number of ether oxygens (including phenoxy) is 1. The van der Waals surface area contributed by atoms with Gasteiger partial charge in [-0.15, -0.1) is 0 Å². The molecule has 0 radical (unpaired) electrons. The first kappa shape index (κ1) is 13.1. The maximum absolute atomic E-state index is 11.4. The molecule has 1 heterocycles. The summed E-state index contributed by atoms with van der Waals surface area (Å²) in [7, 11) is 1.35. The van der Waals surface area contributed by atoms with E-state index in [2.05, 4.69) is 25.7 Å². The van der Waals surface area contributed by atoms with Crippen molar-refractivity contribution < 1.29 is 9.53 Å². The Morgan fingerprint density at radius 3 is 2.61 bits per heavy atom. The third-order valence-corrected chi connectivity index (χ3v) is 3.70. The van der Waals surface area contributed by atoms with E-state index in [0.29, 0.717) is 5.69 Å². The number of carbonyl (C=O) groups is 1. The van der Waals surface area contributed by atoms with Crippen LogP contribution in [-0.4, -0.2) is 18.1 Å². The number of carbonyl (C=O) groups excluding carboxylic acids is 1. The Morgan fingerprint density at radius 2 is 1.94 bits per heavy atom. The summed E-state index contributed by atoms with van der Waals surface area (Å²) >= 11 is 4.96. The van der Waals surface area contributed by atoms with Crippen LogP contribution in [0.2, 0.25) is 0 Å². The second kappa shape index (κ2) is 6.02. The molecule has 0 saturated heterocycles. The molecule has 0 aliphatic rings. The molecule has 0 aliphatic heterocycles. The smallest absolute Gasteiger partial charge is 0.356 e. The van der Waals surface area contributed by atoms with Gasteiger partial charge in [-0.05, 0) is 36.4 Å². The van der Waals surface area contributed by atoms with Crippen LogP contribution in [0, 0.1) is 0 Å². The maximum atomic E-state index is 11.4. The van der Waals surface area contributed by atoms with Gasteiger partial charge >= 0.3 is 5.97 Å². The van der Waals surface area contributed by atoms with E-state index in [4.69, 9.17) is 0 Å². The average Bonchev–Trinajstić information content (AvgIpc) is 2.41. The highest BCUT2D eigenvalue weighted by molar-refractivity contribution is 9.10. The molecule has 0 N–H and O–H groups in total. The van der Waals surface area contributed by atoms with E-state index in [9.17, 15) is 4.79 Å². The molecule has 0 amide bonds. The van der Waals surface area contributed by atoms with Gasteiger partial charge in [-0.25, -0.2) is 9.78 Å². The van der Waals surface area contributed by atoms with Crippen molar-refractivity contribution in [2.45, 2.75) is 9.79 Å². The minimum atomic E-state index is -0.423. The quantitative estimate of drug-likeness (QED) is 0.806. The van der Waals surface area contributed by atoms with Gasteiger partial charge in [0.05, 0.1) is 7.11 Å². The van der Waals surface area contributed by atoms with E-state index < -0.39 is 5.97 Å². The standard InChI is InChI=1S/C13H10BrNO2S/c1-17-13(16)12-8-11(6-7-15-12)18-10-4-2-9(14)3-5-10/h2-8H,1H3. The van der Waals surface area contributed by atoms with Crippen LogP contribution in [-0.2, 0) is 4.74 Å². The van der Waals surface area contributed by atoms with E-state index in [1.807, 2.05) is 30.3 Å². The topological polar surface area (TPSA) is 39.2 Å². The van der Waals surface area contributed by atoms with Crippen LogP contribution in [0.5, 0.6) is 0 Å². The molecule has 2 aromatic rings. The van der Waals surface area contributed by atoms with Crippen molar-refractivity contribution in [2.24, 2.45) is 0 Å².